The summed E-state index contributed by atoms with van der Waals surface area (Å²) in [5.41, 5.74) is 3.07. The summed E-state index contributed by atoms with van der Waals surface area (Å²) >= 11 is 6.02. The number of rotatable bonds is 4. The number of hydrogen-bond donors (Lipinski definition) is 2. The van der Waals surface area contributed by atoms with E-state index < -0.39 is 0 Å². The topological polar surface area (TPSA) is 44.9 Å². The summed E-state index contributed by atoms with van der Waals surface area (Å²) in [5.74, 6) is 0.514. The molecule has 2 aromatic rings. The largest absolute Gasteiger partial charge is 0.358 e. The van der Waals surface area contributed by atoms with Crippen molar-refractivity contribution in [3.05, 3.63) is 34.5 Å². The van der Waals surface area contributed by atoms with Gasteiger partial charge in [-0.2, -0.15) is 0 Å². The van der Waals surface area contributed by atoms with Crippen LogP contribution in [0.25, 0.3) is 10.9 Å². The molecule has 0 saturated carbocycles. The van der Waals surface area contributed by atoms with Gasteiger partial charge in [0.2, 0.25) is 5.91 Å². The Kier molecular flexibility index (Phi) is 4.15. The van der Waals surface area contributed by atoms with Gasteiger partial charge in [0, 0.05) is 28.2 Å². The van der Waals surface area contributed by atoms with Crippen molar-refractivity contribution in [2.24, 2.45) is 5.92 Å². The van der Waals surface area contributed by atoms with E-state index in [-0.39, 0.29) is 5.91 Å². The molecule has 0 aliphatic carbocycles. The Bertz CT molecular complexity index is 601. The van der Waals surface area contributed by atoms with Crippen LogP contribution in [-0.2, 0) is 11.2 Å². The fourth-order valence-electron chi connectivity index (χ4n) is 2.12. The van der Waals surface area contributed by atoms with E-state index in [1.807, 2.05) is 25.1 Å². The van der Waals surface area contributed by atoms with Crippen molar-refractivity contribution in [1.82, 2.24) is 10.3 Å². The molecule has 3 nitrogen and oxygen atoms in total. The molecule has 0 atom stereocenters. The molecule has 1 aromatic carbocycles. The number of carbonyl (C=O) groups excluding carboxylic acids is 1. The average molecular weight is 279 g/mol. The van der Waals surface area contributed by atoms with Gasteiger partial charge in [-0.15, -0.1) is 0 Å². The van der Waals surface area contributed by atoms with Crippen LogP contribution in [0.3, 0.4) is 0 Å². The Hall–Kier alpha value is -1.48. The molecule has 0 bridgehead atoms. The zero-order valence-electron chi connectivity index (χ0n) is 11.5. The van der Waals surface area contributed by atoms with E-state index in [1.54, 1.807) is 0 Å². The molecule has 0 aliphatic heterocycles. The van der Waals surface area contributed by atoms with Crippen molar-refractivity contribution >= 4 is 28.4 Å². The maximum atomic E-state index is 11.9. The number of H-pyrrole nitrogens is 1. The number of aromatic nitrogens is 1. The molecule has 0 unspecified atom stereocenters. The van der Waals surface area contributed by atoms with Gasteiger partial charge in [-0.25, -0.2) is 0 Å². The predicted octanol–water partition coefficient (Wildman–Crippen LogP) is 3.44. The molecule has 2 rings (SSSR count). The molecule has 1 heterocycles. The predicted molar refractivity (Wildman–Crippen MR) is 79.6 cm³/mol. The van der Waals surface area contributed by atoms with Crippen LogP contribution in [-0.4, -0.2) is 17.4 Å². The first-order valence-electron chi connectivity index (χ1n) is 6.50. The second kappa shape index (κ2) is 5.66. The minimum Gasteiger partial charge on any atom is -0.358 e. The lowest BCUT2D eigenvalue weighted by Crippen LogP contribution is -2.28. The second-order valence-electron chi connectivity index (χ2n) is 5.29. The van der Waals surface area contributed by atoms with Crippen LogP contribution in [0.15, 0.2) is 18.2 Å². The highest BCUT2D eigenvalue weighted by Crippen LogP contribution is 2.25. The molecule has 102 valence electrons. The van der Waals surface area contributed by atoms with Gasteiger partial charge in [0.15, 0.2) is 0 Å². The van der Waals surface area contributed by atoms with E-state index in [0.29, 0.717) is 23.9 Å². The molecule has 0 fully saturated rings. The zero-order chi connectivity index (χ0) is 14.0. The number of nitrogens with one attached hydrogen (secondary N) is 2. The lowest BCUT2D eigenvalue weighted by Gasteiger charge is -2.07. The van der Waals surface area contributed by atoms with E-state index in [4.69, 9.17) is 11.6 Å². The van der Waals surface area contributed by atoms with Gasteiger partial charge in [-0.05, 0) is 36.6 Å². The van der Waals surface area contributed by atoms with E-state index in [2.05, 4.69) is 24.1 Å². The average Bonchev–Trinajstić information content (AvgIpc) is 2.63. The molecule has 0 spiro atoms. The fraction of sp³-hybridized carbons (Fsp3) is 0.400. The number of aromatic amines is 1. The first-order chi connectivity index (χ1) is 8.97. The Labute approximate surface area is 118 Å². The molecule has 2 N–H and O–H groups in total. The molecule has 0 radical (unpaired) electrons. The van der Waals surface area contributed by atoms with Crippen molar-refractivity contribution in [3.8, 4) is 0 Å². The summed E-state index contributed by atoms with van der Waals surface area (Å²) in [6.45, 7) is 6.86. The van der Waals surface area contributed by atoms with Crippen LogP contribution in [0.2, 0.25) is 5.02 Å². The second-order valence-corrected chi connectivity index (χ2v) is 5.73. The quantitative estimate of drug-likeness (QED) is 0.884. The summed E-state index contributed by atoms with van der Waals surface area (Å²) in [6.07, 6.45) is 0.388. The van der Waals surface area contributed by atoms with E-state index >= 15 is 0 Å². The molecule has 0 aliphatic rings. The van der Waals surface area contributed by atoms with Crippen LogP contribution in [0.5, 0.6) is 0 Å². The maximum Gasteiger partial charge on any atom is 0.224 e. The number of fused-ring (bicyclic) bond motifs is 1. The summed E-state index contributed by atoms with van der Waals surface area (Å²) in [5, 5.41) is 4.66. The molecular weight excluding hydrogens is 260 g/mol. The molecule has 1 aromatic heterocycles. The fourth-order valence-corrected chi connectivity index (χ4v) is 2.30. The SMILES string of the molecule is Cc1[nH]c2ccc(Cl)cc2c1CC(=O)NCC(C)C. The highest BCUT2D eigenvalue weighted by Gasteiger charge is 2.12. The first kappa shape index (κ1) is 13.9. The number of aryl methyl sites for hydroxylation is 1. The summed E-state index contributed by atoms with van der Waals surface area (Å²) in [4.78, 5) is 15.2. The van der Waals surface area contributed by atoms with E-state index in [1.165, 1.54) is 0 Å². The highest BCUT2D eigenvalue weighted by atomic mass is 35.5. The van der Waals surface area contributed by atoms with Crippen molar-refractivity contribution in [1.29, 1.82) is 0 Å². The molecule has 4 heteroatoms. The van der Waals surface area contributed by atoms with Crippen molar-refractivity contribution < 1.29 is 4.79 Å². The van der Waals surface area contributed by atoms with Gasteiger partial charge in [0.1, 0.15) is 0 Å². The number of halogens is 1. The standard InChI is InChI=1S/C15H19ClN2O/c1-9(2)8-17-15(19)7-12-10(3)18-14-5-4-11(16)6-13(12)14/h4-6,9,18H,7-8H2,1-3H3,(H,17,19). The third-order valence-corrected chi connectivity index (χ3v) is 3.36. The van der Waals surface area contributed by atoms with Gasteiger partial charge in [-0.1, -0.05) is 25.4 Å². The first-order valence-corrected chi connectivity index (χ1v) is 6.88. The van der Waals surface area contributed by atoms with E-state index in [9.17, 15) is 4.79 Å². The summed E-state index contributed by atoms with van der Waals surface area (Å²) < 4.78 is 0. The lowest BCUT2D eigenvalue weighted by molar-refractivity contribution is -0.120. The zero-order valence-corrected chi connectivity index (χ0v) is 12.3. The monoisotopic (exact) mass is 278 g/mol. The van der Waals surface area contributed by atoms with E-state index in [0.717, 1.165) is 22.2 Å². The van der Waals surface area contributed by atoms with Crippen LogP contribution in [0.1, 0.15) is 25.1 Å². The number of carbonyl (C=O) groups is 1. The minimum atomic E-state index is 0.0534. The van der Waals surface area contributed by atoms with Crippen LogP contribution in [0.4, 0.5) is 0 Å². The Morgan fingerprint density at radius 2 is 2.16 bits per heavy atom. The third-order valence-electron chi connectivity index (χ3n) is 3.13. The van der Waals surface area contributed by atoms with Crippen LogP contribution < -0.4 is 5.32 Å². The number of benzene rings is 1. The minimum absolute atomic E-state index is 0.0534. The highest BCUT2D eigenvalue weighted by molar-refractivity contribution is 6.31. The molecule has 1 amide bonds. The van der Waals surface area contributed by atoms with Crippen molar-refractivity contribution in [2.75, 3.05) is 6.54 Å². The summed E-state index contributed by atoms with van der Waals surface area (Å²) in [6, 6.07) is 5.70. The van der Waals surface area contributed by atoms with Gasteiger partial charge < -0.3 is 10.3 Å². The van der Waals surface area contributed by atoms with Gasteiger partial charge in [-0.3, -0.25) is 4.79 Å². The molecule has 19 heavy (non-hydrogen) atoms. The molecular formula is C15H19ClN2O. The normalized spacial score (nSPS) is 11.2. The number of hydrogen-bond acceptors (Lipinski definition) is 1. The van der Waals surface area contributed by atoms with Crippen LogP contribution >= 0.6 is 11.6 Å². The van der Waals surface area contributed by atoms with Crippen LogP contribution in [0, 0.1) is 12.8 Å². The van der Waals surface area contributed by atoms with Gasteiger partial charge in [0.25, 0.3) is 0 Å². The van der Waals surface area contributed by atoms with Crippen molar-refractivity contribution in [3.63, 3.8) is 0 Å². The third kappa shape index (κ3) is 3.29. The Balaban J connectivity index is 2.22. The van der Waals surface area contributed by atoms with Gasteiger partial charge in [0.05, 0.1) is 6.42 Å². The molecule has 0 saturated heterocycles. The smallest absolute Gasteiger partial charge is 0.224 e. The lowest BCUT2D eigenvalue weighted by atomic mass is 10.1. The number of amides is 1. The van der Waals surface area contributed by atoms with Crippen molar-refractivity contribution in [2.45, 2.75) is 27.2 Å². The summed E-state index contributed by atoms with van der Waals surface area (Å²) in [7, 11) is 0. The van der Waals surface area contributed by atoms with Gasteiger partial charge >= 0.3 is 0 Å². The Morgan fingerprint density at radius 3 is 2.84 bits per heavy atom. The Morgan fingerprint density at radius 1 is 1.42 bits per heavy atom. The maximum absolute atomic E-state index is 11.9.